The molecule has 0 atom stereocenters. The van der Waals surface area contributed by atoms with E-state index < -0.39 is 4.92 Å². The first-order valence-corrected chi connectivity index (χ1v) is 7.78. The summed E-state index contributed by atoms with van der Waals surface area (Å²) >= 11 is 0. The van der Waals surface area contributed by atoms with E-state index in [-0.39, 0.29) is 11.3 Å². The third-order valence-corrected chi connectivity index (χ3v) is 4.06. The zero-order valence-corrected chi connectivity index (χ0v) is 13.3. The van der Waals surface area contributed by atoms with Gasteiger partial charge in [-0.05, 0) is 31.0 Å². The summed E-state index contributed by atoms with van der Waals surface area (Å²) in [5.74, 6) is 0.819. The van der Waals surface area contributed by atoms with Crippen LogP contribution in [0.25, 0.3) is 17.4 Å². The summed E-state index contributed by atoms with van der Waals surface area (Å²) < 4.78 is 5.71. The number of rotatable bonds is 4. The van der Waals surface area contributed by atoms with Crippen molar-refractivity contribution in [3.63, 3.8) is 0 Å². The number of benzene rings is 1. The van der Waals surface area contributed by atoms with Gasteiger partial charge in [0.2, 0.25) is 0 Å². The normalized spacial score (nSPS) is 13.1. The van der Waals surface area contributed by atoms with Crippen molar-refractivity contribution in [3.05, 3.63) is 51.8 Å². The van der Waals surface area contributed by atoms with Crippen molar-refractivity contribution < 1.29 is 9.34 Å². The topological polar surface area (TPSA) is 107 Å². The lowest BCUT2D eigenvalue weighted by molar-refractivity contribution is -0.384. The number of nitro benzene ring substituents is 1. The summed E-state index contributed by atoms with van der Waals surface area (Å²) in [6.07, 6.45) is 3.50. The second-order valence-corrected chi connectivity index (χ2v) is 5.64. The van der Waals surface area contributed by atoms with Gasteiger partial charge in [0, 0.05) is 42.5 Å². The van der Waals surface area contributed by atoms with Crippen LogP contribution < -0.4 is 4.90 Å². The second-order valence-electron chi connectivity index (χ2n) is 5.64. The number of hydrogen-bond donors (Lipinski definition) is 0. The Balaban J connectivity index is 2.06. The molecule has 0 unspecified atom stereocenters. The number of nitrogens with zero attached hydrogens (tertiary/aromatic N) is 4. The smallest absolute Gasteiger partial charge is 0.270 e. The number of non-ortho nitro benzene ring substituents is 1. The molecule has 3 rings (SSSR count). The molecule has 0 bridgehead atoms. The summed E-state index contributed by atoms with van der Waals surface area (Å²) in [7, 11) is 0. The van der Waals surface area contributed by atoms with Gasteiger partial charge in [-0.25, -0.2) is 0 Å². The van der Waals surface area contributed by atoms with E-state index in [9.17, 15) is 10.1 Å². The maximum atomic E-state index is 11.1. The SMILES string of the molecule is N#CC(C#N)=Cc1ccc(-c2cc([N+](=O)[O-])ccc2N2CCCC2)o1. The fraction of sp³-hybridized carbons (Fsp3) is 0.222. The Bertz CT molecular complexity index is 909. The van der Waals surface area contributed by atoms with Crippen molar-refractivity contribution in [2.24, 2.45) is 0 Å². The van der Waals surface area contributed by atoms with E-state index in [1.807, 2.05) is 0 Å². The first-order chi connectivity index (χ1) is 12.1. The molecular formula is C18H14N4O3. The number of hydrogen-bond acceptors (Lipinski definition) is 6. The van der Waals surface area contributed by atoms with Gasteiger partial charge in [-0.2, -0.15) is 10.5 Å². The molecule has 0 aliphatic carbocycles. The van der Waals surface area contributed by atoms with Crippen LogP contribution in [0.3, 0.4) is 0 Å². The van der Waals surface area contributed by atoms with Crippen LogP contribution in [0.1, 0.15) is 18.6 Å². The zero-order chi connectivity index (χ0) is 17.8. The Morgan fingerprint density at radius 3 is 2.56 bits per heavy atom. The number of anilines is 1. The van der Waals surface area contributed by atoms with Gasteiger partial charge in [0.1, 0.15) is 29.2 Å². The van der Waals surface area contributed by atoms with Gasteiger partial charge >= 0.3 is 0 Å². The third kappa shape index (κ3) is 3.36. The molecule has 1 aliphatic rings. The molecule has 0 spiro atoms. The van der Waals surface area contributed by atoms with Gasteiger partial charge < -0.3 is 9.32 Å². The van der Waals surface area contributed by atoms with Crippen LogP contribution >= 0.6 is 0 Å². The van der Waals surface area contributed by atoms with Crippen molar-refractivity contribution >= 4 is 17.5 Å². The first-order valence-electron chi connectivity index (χ1n) is 7.78. The molecule has 7 nitrogen and oxygen atoms in total. The van der Waals surface area contributed by atoms with E-state index in [1.165, 1.54) is 18.2 Å². The lowest BCUT2D eigenvalue weighted by Crippen LogP contribution is -2.18. The highest BCUT2D eigenvalue weighted by atomic mass is 16.6. The maximum absolute atomic E-state index is 11.1. The molecule has 0 N–H and O–H groups in total. The highest BCUT2D eigenvalue weighted by Crippen LogP contribution is 2.36. The minimum atomic E-state index is -0.440. The number of nitro groups is 1. The van der Waals surface area contributed by atoms with E-state index in [1.54, 1.807) is 30.3 Å². The molecule has 1 saturated heterocycles. The highest BCUT2D eigenvalue weighted by Gasteiger charge is 2.21. The Hall–Kier alpha value is -3.58. The molecule has 25 heavy (non-hydrogen) atoms. The summed E-state index contributed by atoms with van der Waals surface area (Å²) in [6.45, 7) is 1.79. The van der Waals surface area contributed by atoms with Gasteiger partial charge in [0.05, 0.1) is 4.92 Å². The molecule has 0 amide bonds. The molecule has 1 aromatic heterocycles. The zero-order valence-electron chi connectivity index (χ0n) is 13.3. The maximum Gasteiger partial charge on any atom is 0.270 e. The molecule has 0 saturated carbocycles. The van der Waals surface area contributed by atoms with Gasteiger partial charge in [-0.3, -0.25) is 10.1 Å². The molecular weight excluding hydrogens is 320 g/mol. The monoisotopic (exact) mass is 334 g/mol. The molecule has 2 aromatic rings. The molecule has 1 aromatic carbocycles. The van der Waals surface area contributed by atoms with Gasteiger partial charge in [-0.1, -0.05) is 0 Å². The first kappa shape index (κ1) is 16.3. The average Bonchev–Trinajstić information content (AvgIpc) is 3.31. The minimum Gasteiger partial charge on any atom is -0.457 e. The van der Waals surface area contributed by atoms with Crippen molar-refractivity contribution in [3.8, 4) is 23.5 Å². The predicted octanol–water partition coefficient (Wildman–Crippen LogP) is 3.89. The van der Waals surface area contributed by atoms with Crippen molar-refractivity contribution in [1.29, 1.82) is 10.5 Å². The van der Waals surface area contributed by atoms with E-state index in [0.29, 0.717) is 17.1 Å². The van der Waals surface area contributed by atoms with Gasteiger partial charge in [-0.15, -0.1) is 0 Å². The number of nitriles is 2. The summed E-state index contributed by atoms with van der Waals surface area (Å²) in [4.78, 5) is 12.9. The molecule has 0 radical (unpaired) electrons. The van der Waals surface area contributed by atoms with Crippen LogP contribution in [-0.4, -0.2) is 18.0 Å². The second kappa shape index (κ2) is 6.90. The highest BCUT2D eigenvalue weighted by molar-refractivity contribution is 5.79. The van der Waals surface area contributed by atoms with Crippen molar-refractivity contribution in [1.82, 2.24) is 0 Å². The van der Waals surface area contributed by atoms with E-state index in [0.717, 1.165) is 31.6 Å². The molecule has 7 heteroatoms. The summed E-state index contributed by atoms with van der Waals surface area (Å²) in [6, 6.07) is 11.6. The lowest BCUT2D eigenvalue weighted by Gasteiger charge is -2.20. The fourth-order valence-electron chi connectivity index (χ4n) is 2.88. The van der Waals surface area contributed by atoms with Crippen LogP contribution in [0.5, 0.6) is 0 Å². The van der Waals surface area contributed by atoms with Gasteiger partial charge in [0.15, 0.2) is 0 Å². The van der Waals surface area contributed by atoms with Crippen molar-refractivity contribution in [2.45, 2.75) is 12.8 Å². The Morgan fingerprint density at radius 2 is 1.92 bits per heavy atom. The minimum absolute atomic E-state index is 0.0128. The predicted molar refractivity (Wildman–Crippen MR) is 91.4 cm³/mol. The number of furan rings is 1. The molecule has 124 valence electrons. The summed E-state index contributed by atoms with van der Waals surface area (Å²) in [5, 5.41) is 28.8. The van der Waals surface area contributed by atoms with Crippen LogP contribution in [0.15, 0.2) is 40.3 Å². The Morgan fingerprint density at radius 1 is 1.20 bits per heavy atom. The van der Waals surface area contributed by atoms with Crippen molar-refractivity contribution in [2.75, 3.05) is 18.0 Å². The molecule has 2 heterocycles. The van der Waals surface area contributed by atoms with E-state index in [4.69, 9.17) is 14.9 Å². The standard InChI is InChI=1S/C18H14N4O3/c19-11-13(12-20)9-15-4-6-18(25-15)16-10-14(22(23)24)3-5-17(16)21-7-1-2-8-21/h3-6,9-10H,1-2,7-8H2. The van der Waals surface area contributed by atoms with E-state index >= 15 is 0 Å². The Kier molecular flexibility index (Phi) is 4.49. The Labute approximate surface area is 144 Å². The average molecular weight is 334 g/mol. The summed E-state index contributed by atoms with van der Waals surface area (Å²) in [5.41, 5.74) is 1.43. The molecule has 1 aliphatic heterocycles. The molecule has 1 fully saturated rings. The van der Waals surface area contributed by atoms with E-state index in [2.05, 4.69) is 4.90 Å². The van der Waals surface area contributed by atoms with Gasteiger partial charge in [0.25, 0.3) is 5.69 Å². The van der Waals surface area contributed by atoms with Crippen LogP contribution in [0, 0.1) is 32.8 Å². The van der Waals surface area contributed by atoms with Crippen LogP contribution in [0.4, 0.5) is 11.4 Å². The van der Waals surface area contributed by atoms with Crippen LogP contribution in [-0.2, 0) is 0 Å². The number of allylic oxidation sites excluding steroid dienone is 1. The third-order valence-electron chi connectivity index (χ3n) is 4.06. The quantitative estimate of drug-likeness (QED) is 0.477. The lowest BCUT2D eigenvalue weighted by atomic mass is 10.1. The van der Waals surface area contributed by atoms with Crippen LogP contribution in [0.2, 0.25) is 0 Å². The largest absolute Gasteiger partial charge is 0.457 e. The fourth-order valence-corrected chi connectivity index (χ4v) is 2.88.